The molecule has 6 nitrogen and oxygen atoms in total. The van der Waals surface area contributed by atoms with Crippen LogP contribution >= 0.6 is 0 Å². The van der Waals surface area contributed by atoms with E-state index in [9.17, 15) is 9.59 Å². The molecule has 2 aromatic rings. The third kappa shape index (κ3) is 10.7. The average molecular weight is 477 g/mol. The zero-order valence-corrected chi connectivity index (χ0v) is 21.7. The molecule has 2 aromatic carbocycles. The molecule has 0 saturated carbocycles. The molecule has 0 aliphatic rings. The summed E-state index contributed by atoms with van der Waals surface area (Å²) >= 11 is 0. The Morgan fingerprint density at radius 1 is 0.629 bits per heavy atom. The number of hydrogen-bond donors (Lipinski definition) is 2. The van der Waals surface area contributed by atoms with E-state index in [1.54, 1.807) is 0 Å². The van der Waals surface area contributed by atoms with Crippen molar-refractivity contribution in [2.24, 2.45) is 10.2 Å². The summed E-state index contributed by atoms with van der Waals surface area (Å²) in [6, 6.07) is 16.6. The van der Waals surface area contributed by atoms with E-state index in [-0.39, 0.29) is 11.8 Å². The molecule has 0 atom stereocenters. The Labute approximate surface area is 210 Å². The SMILES string of the molecule is CCCc1ccc(C(C)=NNC(=O)CCCCCC(=O)NN=C(C)c2ccc(CCC)cc2)cc1. The smallest absolute Gasteiger partial charge is 0.240 e. The normalized spacial score (nSPS) is 11.9. The molecule has 2 rings (SSSR count). The van der Waals surface area contributed by atoms with Crippen LogP contribution in [-0.2, 0) is 22.4 Å². The number of aryl methyl sites for hydroxylation is 2. The van der Waals surface area contributed by atoms with Gasteiger partial charge in [0.2, 0.25) is 11.8 Å². The number of rotatable bonds is 14. The maximum absolute atomic E-state index is 12.1. The van der Waals surface area contributed by atoms with Gasteiger partial charge in [0.15, 0.2) is 0 Å². The molecular weight excluding hydrogens is 436 g/mol. The minimum Gasteiger partial charge on any atom is -0.273 e. The molecule has 0 saturated heterocycles. The van der Waals surface area contributed by atoms with Gasteiger partial charge < -0.3 is 0 Å². The number of hydrogen-bond acceptors (Lipinski definition) is 4. The van der Waals surface area contributed by atoms with Crippen molar-refractivity contribution in [1.82, 2.24) is 10.9 Å². The van der Waals surface area contributed by atoms with Gasteiger partial charge >= 0.3 is 0 Å². The summed E-state index contributed by atoms with van der Waals surface area (Å²) in [4.78, 5) is 24.1. The minimum atomic E-state index is -0.110. The van der Waals surface area contributed by atoms with Gasteiger partial charge in [-0.05, 0) is 61.8 Å². The van der Waals surface area contributed by atoms with Crippen LogP contribution in [0.15, 0.2) is 58.7 Å². The van der Waals surface area contributed by atoms with Crippen molar-refractivity contribution >= 4 is 23.2 Å². The summed E-state index contributed by atoms with van der Waals surface area (Å²) in [5.74, 6) is -0.219. The van der Waals surface area contributed by atoms with Gasteiger partial charge in [0, 0.05) is 12.8 Å². The molecule has 6 heteroatoms. The summed E-state index contributed by atoms with van der Waals surface area (Å²) in [6.45, 7) is 8.10. The minimum absolute atomic E-state index is 0.110. The summed E-state index contributed by atoms with van der Waals surface area (Å²) < 4.78 is 0. The third-order valence-electron chi connectivity index (χ3n) is 5.83. The standard InChI is InChI=1S/C29H40N4O2/c1-5-10-24-14-18-26(19-15-24)22(3)30-32-28(34)12-8-7-9-13-29(35)33-31-23(4)27-20-16-25(11-6-2)17-21-27/h14-21H,5-13H2,1-4H3,(H,32,34)(H,33,35). The predicted molar refractivity (Wildman–Crippen MR) is 145 cm³/mol. The Kier molecular flexibility index (Phi) is 12.5. The molecule has 0 bridgehead atoms. The quantitative estimate of drug-likeness (QED) is 0.201. The third-order valence-corrected chi connectivity index (χ3v) is 5.83. The Hall–Kier alpha value is -3.28. The van der Waals surface area contributed by atoms with Crippen LogP contribution in [0.1, 0.15) is 94.9 Å². The molecule has 0 radical (unpaired) electrons. The van der Waals surface area contributed by atoms with E-state index in [1.807, 2.05) is 38.1 Å². The highest BCUT2D eigenvalue weighted by molar-refractivity contribution is 5.99. The van der Waals surface area contributed by atoms with Gasteiger partial charge in [0.05, 0.1) is 11.4 Å². The van der Waals surface area contributed by atoms with Gasteiger partial charge in [-0.2, -0.15) is 10.2 Å². The highest BCUT2D eigenvalue weighted by Gasteiger charge is 2.05. The van der Waals surface area contributed by atoms with Crippen LogP contribution in [0, 0.1) is 0 Å². The number of benzene rings is 2. The molecule has 0 aliphatic heterocycles. The summed E-state index contributed by atoms with van der Waals surface area (Å²) in [5.41, 5.74) is 11.4. The second-order valence-corrected chi connectivity index (χ2v) is 8.92. The number of hydrazone groups is 2. The van der Waals surface area contributed by atoms with Crippen molar-refractivity contribution in [3.8, 4) is 0 Å². The first-order valence-electron chi connectivity index (χ1n) is 12.8. The molecule has 0 aromatic heterocycles. The summed E-state index contributed by atoms with van der Waals surface area (Å²) in [6.07, 6.45) is 7.37. The zero-order chi connectivity index (χ0) is 25.5. The van der Waals surface area contributed by atoms with Crippen LogP contribution in [-0.4, -0.2) is 23.2 Å². The lowest BCUT2D eigenvalue weighted by molar-refractivity contribution is -0.121. The molecule has 188 valence electrons. The molecule has 2 amide bonds. The Bertz CT molecular complexity index is 911. The number of carbonyl (C=O) groups is 2. The van der Waals surface area contributed by atoms with Gasteiger partial charge in [-0.15, -0.1) is 0 Å². The molecule has 0 aliphatic carbocycles. The van der Waals surface area contributed by atoms with Crippen LogP contribution in [0.5, 0.6) is 0 Å². The fourth-order valence-electron chi connectivity index (χ4n) is 3.68. The van der Waals surface area contributed by atoms with E-state index >= 15 is 0 Å². The van der Waals surface area contributed by atoms with Crippen LogP contribution < -0.4 is 10.9 Å². The van der Waals surface area contributed by atoms with Crippen LogP contribution in [0.2, 0.25) is 0 Å². The number of amides is 2. The average Bonchev–Trinajstić information content (AvgIpc) is 2.87. The molecule has 0 heterocycles. The second-order valence-electron chi connectivity index (χ2n) is 8.92. The Balaban J connectivity index is 1.62. The van der Waals surface area contributed by atoms with E-state index in [0.717, 1.165) is 54.7 Å². The van der Waals surface area contributed by atoms with E-state index in [4.69, 9.17) is 0 Å². The highest BCUT2D eigenvalue weighted by atomic mass is 16.2. The fourth-order valence-corrected chi connectivity index (χ4v) is 3.68. The summed E-state index contributed by atoms with van der Waals surface area (Å²) in [7, 11) is 0. The van der Waals surface area contributed by atoms with Crippen molar-refractivity contribution in [2.75, 3.05) is 0 Å². The van der Waals surface area contributed by atoms with E-state index in [1.165, 1.54) is 11.1 Å². The zero-order valence-electron chi connectivity index (χ0n) is 21.7. The van der Waals surface area contributed by atoms with E-state index < -0.39 is 0 Å². The number of nitrogens with zero attached hydrogens (tertiary/aromatic N) is 2. The van der Waals surface area contributed by atoms with Crippen molar-refractivity contribution in [3.05, 3.63) is 70.8 Å². The lowest BCUT2D eigenvalue weighted by Crippen LogP contribution is -2.19. The van der Waals surface area contributed by atoms with E-state index in [0.29, 0.717) is 25.7 Å². The first-order chi connectivity index (χ1) is 16.9. The Morgan fingerprint density at radius 2 is 1.00 bits per heavy atom. The second kappa shape index (κ2) is 15.6. The predicted octanol–water partition coefficient (Wildman–Crippen LogP) is 5.92. The van der Waals surface area contributed by atoms with E-state index in [2.05, 4.69) is 59.2 Å². The molecule has 0 spiro atoms. The molecule has 0 unspecified atom stereocenters. The Morgan fingerprint density at radius 3 is 1.34 bits per heavy atom. The largest absolute Gasteiger partial charge is 0.273 e. The maximum atomic E-state index is 12.1. The molecular formula is C29H40N4O2. The van der Waals surface area contributed by atoms with Crippen molar-refractivity contribution in [3.63, 3.8) is 0 Å². The van der Waals surface area contributed by atoms with Crippen LogP contribution in [0.25, 0.3) is 0 Å². The number of unbranched alkanes of at least 4 members (excludes halogenated alkanes) is 2. The number of nitrogens with one attached hydrogen (secondary N) is 2. The molecule has 0 fully saturated rings. The maximum Gasteiger partial charge on any atom is 0.240 e. The van der Waals surface area contributed by atoms with Crippen LogP contribution in [0.3, 0.4) is 0 Å². The van der Waals surface area contributed by atoms with Crippen molar-refractivity contribution in [2.45, 2.75) is 85.5 Å². The fraction of sp³-hybridized carbons (Fsp3) is 0.448. The summed E-state index contributed by atoms with van der Waals surface area (Å²) in [5, 5.41) is 8.43. The number of carbonyl (C=O) groups excluding carboxylic acids is 2. The first kappa shape index (κ1) is 28.0. The molecule has 2 N–H and O–H groups in total. The van der Waals surface area contributed by atoms with Crippen molar-refractivity contribution < 1.29 is 9.59 Å². The monoisotopic (exact) mass is 476 g/mol. The molecule has 35 heavy (non-hydrogen) atoms. The van der Waals surface area contributed by atoms with Gasteiger partial charge in [-0.1, -0.05) is 81.6 Å². The first-order valence-corrected chi connectivity index (χ1v) is 12.8. The highest BCUT2D eigenvalue weighted by Crippen LogP contribution is 2.09. The van der Waals surface area contributed by atoms with Gasteiger partial charge in [0.1, 0.15) is 0 Å². The topological polar surface area (TPSA) is 82.9 Å². The lowest BCUT2D eigenvalue weighted by Gasteiger charge is -2.05. The van der Waals surface area contributed by atoms with Crippen LogP contribution in [0.4, 0.5) is 0 Å². The van der Waals surface area contributed by atoms with Gasteiger partial charge in [-0.3, -0.25) is 9.59 Å². The van der Waals surface area contributed by atoms with Gasteiger partial charge in [0.25, 0.3) is 0 Å². The lowest BCUT2D eigenvalue weighted by atomic mass is 10.1. The van der Waals surface area contributed by atoms with Gasteiger partial charge in [-0.25, -0.2) is 10.9 Å². The van der Waals surface area contributed by atoms with Crippen molar-refractivity contribution in [1.29, 1.82) is 0 Å².